The van der Waals surface area contributed by atoms with Crippen molar-refractivity contribution in [3.8, 4) is 0 Å². The van der Waals surface area contributed by atoms with Crippen molar-refractivity contribution in [3.63, 3.8) is 0 Å². The first-order chi connectivity index (χ1) is 12.2. The van der Waals surface area contributed by atoms with E-state index >= 15 is 0 Å². The average molecular weight is 337 g/mol. The number of benzene rings is 2. The molecule has 1 heterocycles. The summed E-state index contributed by atoms with van der Waals surface area (Å²) in [6.45, 7) is 3.14. The van der Waals surface area contributed by atoms with Crippen molar-refractivity contribution >= 4 is 17.5 Å². The molecule has 2 aromatic carbocycles. The second-order valence-corrected chi connectivity index (χ2v) is 6.19. The van der Waals surface area contributed by atoms with Crippen LogP contribution in [-0.2, 0) is 16.0 Å². The Morgan fingerprint density at radius 1 is 1.12 bits per heavy atom. The Hall–Kier alpha value is -2.66. The van der Waals surface area contributed by atoms with E-state index in [2.05, 4.69) is 22.9 Å². The zero-order chi connectivity index (χ0) is 17.6. The summed E-state index contributed by atoms with van der Waals surface area (Å²) in [5, 5.41) is 9.10. The summed E-state index contributed by atoms with van der Waals surface area (Å²) in [6, 6.07) is 15.3. The van der Waals surface area contributed by atoms with Crippen LogP contribution in [0.25, 0.3) is 0 Å². The molecule has 0 aliphatic carbocycles. The van der Waals surface area contributed by atoms with Gasteiger partial charge in [-0.15, -0.1) is 0 Å². The molecule has 130 valence electrons. The van der Waals surface area contributed by atoms with E-state index in [1.54, 1.807) is 0 Å². The smallest absolute Gasteiger partial charge is 0.238 e. The molecule has 0 aromatic heterocycles. The van der Waals surface area contributed by atoms with E-state index in [-0.39, 0.29) is 24.4 Å². The van der Waals surface area contributed by atoms with E-state index in [0.29, 0.717) is 6.42 Å². The lowest BCUT2D eigenvalue weighted by molar-refractivity contribution is -0.121. The Bertz CT molecular complexity index is 773. The number of para-hydroxylation sites is 1. The lowest BCUT2D eigenvalue weighted by Gasteiger charge is -2.28. The van der Waals surface area contributed by atoms with Crippen LogP contribution in [0.2, 0.25) is 0 Å². The molecule has 1 aliphatic heterocycles. The largest absolute Gasteiger partial charge is 0.345 e. The fourth-order valence-electron chi connectivity index (χ4n) is 3.12. The lowest BCUT2D eigenvalue weighted by Crippen LogP contribution is -2.36. The van der Waals surface area contributed by atoms with E-state index in [0.717, 1.165) is 35.3 Å². The average Bonchev–Trinajstić information content (AvgIpc) is 2.62. The number of fused-ring (bicyclic) bond motifs is 1. The molecule has 0 saturated carbocycles. The van der Waals surface area contributed by atoms with Gasteiger partial charge in [0.15, 0.2) is 0 Å². The van der Waals surface area contributed by atoms with Gasteiger partial charge in [-0.05, 0) is 30.2 Å². The molecule has 3 rings (SSSR count). The van der Waals surface area contributed by atoms with Gasteiger partial charge in [0.2, 0.25) is 11.8 Å². The fourth-order valence-corrected chi connectivity index (χ4v) is 3.12. The van der Waals surface area contributed by atoms with Crippen LogP contribution in [0.5, 0.6) is 0 Å². The molecule has 3 N–H and O–H groups in total. The molecule has 0 radical (unpaired) electrons. The number of carbonyl (C=O) groups is 2. The van der Waals surface area contributed by atoms with E-state index in [1.165, 1.54) is 0 Å². The van der Waals surface area contributed by atoms with E-state index in [1.807, 2.05) is 48.5 Å². The Morgan fingerprint density at radius 3 is 2.64 bits per heavy atom. The van der Waals surface area contributed by atoms with Crippen molar-refractivity contribution in [1.82, 2.24) is 10.6 Å². The summed E-state index contributed by atoms with van der Waals surface area (Å²) in [7, 11) is 0. The van der Waals surface area contributed by atoms with Gasteiger partial charge in [-0.2, -0.15) is 0 Å². The minimum absolute atomic E-state index is 0.00515. The predicted molar refractivity (Wildman–Crippen MR) is 98.4 cm³/mol. The molecule has 0 bridgehead atoms. The van der Waals surface area contributed by atoms with Crippen LogP contribution in [0.3, 0.4) is 0 Å². The van der Waals surface area contributed by atoms with Crippen LogP contribution in [0.15, 0.2) is 48.5 Å². The summed E-state index contributed by atoms with van der Waals surface area (Å²) < 4.78 is 0. The van der Waals surface area contributed by atoms with Crippen LogP contribution in [0, 0.1) is 0 Å². The van der Waals surface area contributed by atoms with Crippen LogP contribution in [0.4, 0.5) is 5.69 Å². The highest BCUT2D eigenvalue weighted by atomic mass is 16.2. The van der Waals surface area contributed by atoms with Gasteiger partial charge >= 0.3 is 0 Å². The van der Waals surface area contributed by atoms with Crippen molar-refractivity contribution in [2.75, 3.05) is 18.4 Å². The van der Waals surface area contributed by atoms with Gasteiger partial charge in [-0.3, -0.25) is 9.59 Å². The van der Waals surface area contributed by atoms with Gasteiger partial charge in [0.1, 0.15) is 0 Å². The molecule has 2 aromatic rings. The third kappa shape index (κ3) is 4.06. The maximum Gasteiger partial charge on any atom is 0.238 e. The highest BCUT2D eigenvalue weighted by Gasteiger charge is 2.27. The van der Waals surface area contributed by atoms with Crippen LogP contribution in [0.1, 0.15) is 36.1 Å². The van der Waals surface area contributed by atoms with Gasteiger partial charge in [0, 0.05) is 11.3 Å². The minimum Gasteiger partial charge on any atom is -0.345 e. The number of amides is 2. The second kappa shape index (κ2) is 7.94. The molecular weight excluding hydrogens is 314 g/mol. The fraction of sp³-hybridized carbons (Fsp3) is 0.300. The van der Waals surface area contributed by atoms with E-state index in [9.17, 15) is 9.59 Å². The molecular formula is C20H23N3O2. The predicted octanol–water partition coefficient (Wildman–Crippen LogP) is 2.39. The molecule has 0 spiro atoms. The highest BCUT2D eigenvalue weighted by Crippen LogP contribution is 2.33. The first-order valence-corrected chi connectivity index (χ1v) is 8.65. The SMILES string of the molecule is CCCNCC(=O)Nc1ccccc1C1NC(=O)Cc2ccccc21. The molecule has 0 fully saturated rings. The van der Waals surface area contributed by atoms with Crippen molar-refractivity contribution in [2.24, 2.45) is 0 Å². The zero-order valence-electron chi connectivity index (χ0n) is 14.3. The normalized spacial score (nSPS) is 16.0. The summed E-state index contributed by atoms with van der Waals surface area (Å²) >= 11 is 0. The van der Waals surface area contributed by atoms with Gasteiger partial charge in [-0.25, -0.2) is 0 Å². The summed E-state index contributed by atoms with van der Waals surface area (Å²) in [5.74, 6) is -0.0919. The first-order valence-electron chi connectivity index (χ1n) is 8.65. The number of anilines is 1. The molecule has 5 nitrogen and oxygen atoms in total. The molecule has 25 heavy (non-hydrogen) atoms. The standard InChI is InChI=1S/C20H23N3O2/c1-2-11-21-13-19(25)22-17-10-6-5-9-16(17)20-15-8-4-3-7-14(15)12-18(24)23-20/h3-10,20-21H,2,11-13H2,1H3,(H,22,25)(H,23,24). The summed E-state index contributed by atoms with van der Waals surface area (Å²) in [5.41, 5.74) is 3.73. The first kappa shape index (κ1) is 17.2. The van der Waals surface area contributed by atoms with Crippen molar-refractivity contribution in [2.45, 2.75) is 25.8 Å². The number of hydrogen-bond acceptors (Lipinski definition) is 3. The lowest BCUT2D eigenvalue weighted by atomic mass is 9.89. The van der Waals surface area contributed by atoms with Gasteiger partial charge in [-0.1, -0.05) is 49.4 Å². The van der Waals surface area contributed by atoms with Crippen LogP contribution in [-0.4, -0.2) is 24.9 Å². The molecule has 2 amide bonds. The molecule has 1 atom stereocenters. The second-order valence-electron chi connectivity index (χ2n) is 6.19. The number of nitrogens with one attached hydrogen (secondary N) is 3. The van der Waals surface area contributed by atoms with E-state index in [4.69, 9.17) is 0 Å². The van der Waals surface area contributed by atoms with Crippen molar-refractivity contribution in [3.05, 3.63) is 65.2 Å². The maximum absolute atomic E-state index is 12.2. The monoisotopic (exact) mass is 337 g/mol. The molecule has 1 aliphatic rings. The Balaban J connectivity index is 1.86. The Morgan fingerprint density at radius 2 is 1.84 bits per heavy atom. The summed E-state index contributed by atoms with van der Waals surface area (Å²) in [4.78, 5) is 24.3. The minimum atomic E-state index is -0.252. The van der Waals surface area contributed by atoms with Gasteiger partial charge < -0.3 is 16.0 Å². The molecule has 1 unspecified atom stereocenters. The Kier molecular flexibility index (Phi) is 5.46. The van der Waals surface area contributed by atoms with Crippen LogP contribution >= 0.6 is 0 Å². The molecule has 0 saturated heterocycles. The highest BCUT2D eigenvalue weighted by molar-refractivity contribution is 5.93. The number of hydrogen-bond donors (Lipinski definition) is 3. The van der Waals surface area contributed by atoms with E-state index < -0.39 is 0 Å². The van der Waals surface area contributed by atoms with Crippen molar-refractivity contribution in [1.29, 1.82) is 0 Å². The summed E-state index contributed by atoms with van der Waals surface area (Å²) in [6.07, 6.45) is 1.37. The zero-order valence-corrected chi connectivity index (χ0v) is 14.3. The van der Waals surface area contributed by atoms with Crippen molar-refractivity contribution < 1.29 is 9.59 Å². The topological polar surface area (TPSA) is 70.2 Å². The van der Waals surface area contributed by atoms with Crippen LogP contribution < -0.4 is 16.0 Å². The van der Waals surface area contributed by atoms with Gasteiger partial charge in [0.05, 0.1) is 19.0 Å². The Labute approximate surface area is 147 Å². The quantitative estimate of drug-likeness (QED) is 0.709. The van der Waals surface area contributed by atoms with Gasteiger partial charge in [0.25, 0.3) is 0 Å². The third-order valence-electron chi connectivity index (χ3n) is 4.28. The number of rotatable bonds is 6. The molecule has 5 heteroatoms. The number of carbonyl (C=O) groups excluding carboxylic acids is 2. The third-order valence-corrected chi connectivity index (χ3v) is 4.28. The maximum atomic E-state index is 12.2.